The SMILES string of the molecule is O=C([O-])O.O=C([O-])[O-].O=[C+3]=O. The van der Waals surface area contributed by atoms with Crippen LogP contribution in [0.4, 0.5) is 9.59 Å². The molecule has 1 N–H and O–H groups in total. The molecule has 3 radical (unpaired) electrons. The molecule has 0 fully saturated rings. The van der Waals surface area contributed by atoms with Gasteiger partial charge in [-0.25, -0.2) is 0 Å². The molecule has 0 aliphatic rings. The number of rotatable bonds is 0. The van der Waals surface area contributed by atoms with Gasteiger partial charge in [-0.3, -0.25) is 0 Å². The Balaban J connectivity index is -0.0000000886. The van der Waals surface area contributed by atoms with Crippen molar-refractivity contribution in [3.05, 3.63) is 0 Å². The van der Waals surface area contributed by atoms with Crippen LogP contribution >= 0.6 is 0 Å². The second-order valence-electron chi connectivity index (χ2n) is 0.599. The number of hydrogen-bond donors (Lipinski definition) is 1. The third kappa shape index (κ3) is 64.2. The van der Waals surface area contributed by atoms with Crippen molar-refractivity contribution in [2.45, 2.75) is 0 Å². The molecule has 0 saturated heterocycles. The van der Waals surface area contributed by atoms with Gasteiger partial charge in [0.2, 0.25) is 6.16 Å². The molecule has 0 heterocycles. The van der Waals surface area contributed by atoms with Gasteiger partial charge in [-0.1, -0.05) is 0 Å². The summed E-state index contributed by atoms with van der Waals surface area (Å²) in [4.78, 5) is 33.0. The van der Waals surface area contributed by atoms with Crippen molar-refractivity contribution in [3.8, 4) is 0 Å². The van der Waals surface area contributed by atoms with E-state index >= 15 is 0 Å². The number of hydrogen-bond acceptors (Lipinski definition) is 7. The summed E-state index contributed by atoms with van der Waals surface area (Å²) in [5.74, 6) is 0. The number of carbonyl (C=O) groups is 2. The Morgan fingerprint density at radius 1 is 1.09 bits per heavy atom. The van der Waals surface area contributed by atoms with Crippen LogP contribution in [0.3, 0.4) is 0 Å². The fraction of sp³-hybridized carbons (Fsp3) is 0. The van der Waals surface area contributed by atoms with Crippen LogP contribution in [0.15, 0.2) is 0 Å². The predicted molar refractivity (Wildman–Crippen MR) is 18.4 cm³/mol. The average Bonchev–Trinajstić information content (AvgIpc) is 1.60. The van der Waals surface area contributed by atoms with E-state index < -0.39 is 12.3 Å². The van der Waals surface area contributed by atoms with E-state index in [1.165, 1.54) is 0 Å². The molecule has 61 valence electrons. The zero-order valence-corrected chi connectivity index (χ0v) is 4.80. The van der Waals surface area contributed by atoms with Crippen molar-refractivity contribution in [3.63, 3.8) is 0 Å². The fourth-order valence-corrected chi connectivity index (χ4v) is 0. The van der Waals surface area contributed by atoms with Crippen LogP contribution in [0.5, 0.6) is 0 Å². The standard InChI is InChI=1S/2CH2O3.CO2/c2*2-1(3)4;2-1-3/h2*(H2,2,3,4);/q;;+3/p-3. The van der Waals surface area contributed by atoms with Crippen LogP contribution < -0.4 is 15.3 Å². The minimum atomic E-state index is -2.33. The largest absolute Gasteiger partial charge is 1.84 e. The van der Waals surface area contributed by atoms with Crippen LogP contribution in [0.2, 0.25) is 0 Å². The number of carbonyl (C=O) groups excluding carboxylic acids is 3. The van der Waals surface area contributed by atoms with E-state index in [1.54, 1.807) is 0 Å². The summed E-state index contributed by atoms with van der Waals surface area (Å²) in [6, 6.07) is 0. The summed E-state index contributed by atoms with van der Waals surface area (Å²) in [6.45, 7) is 0. The van der Waals surface area contributed by atoms with E-state index in [2.05, 4.69) is 0 Å². The Bertz CT molecular complexity index is 121. The average molecular weight is 165 g/mol. The van der Waals surface area contributed by atoms with Crippen molar-refractivity contribution in [2.24, 2.45) is 0 Å². The topological polar surface area (TPSA) is 158 Å². The highest BCUT2D eigenvalue weighted by Crippen LogP contribution is 1.32. The van der Waals surface area contributed by atoms with Gasteiger partial charge in [0.05, 0.1) is 0 Å². The first-order valence-corrected chi connectivity index (χ1v) is 1.65. The van der Waals surface area contributed by atoms with Crippen LogP contribution in [0.1, 0.15) is 0 Å². The molecule has 0 aromatic carbocycles. The number of carboxylic acid groups (broad SMARTS) is 4. The minimum absolute atomic E-state index is 0.250. The summed E-state index contributed by atoms with van der Waals surface area (Å²) < 4.78 is 0. The lowest BCUT2D eigenvalue weighted by atomic mass is 11.5. The van der Waals surface area contributed by atoms with Gasteiger partial charge >= 0.3 is 15.7 Å². The molecule has 0 rings (SSSR count). The summed E-state index contributed by atoms with van der Waals surface area (Å²) in [5, 5.41) is 32.0. The maximum Gasteiger partial charge on any atom is 1.84 e. The molecular formula is C3HO8. The zero-order valence-electron chi connectivity index (χ0n) is 4.80. The van der Waals surface area contributed by atoms with Crippen molar-refractivity contribution < 1.29 is 39.6 Å². The maximum absolute atomic E-state index is 8.44. The Morgan fingerprint density at radius 2 is 1.09 bits per heavy atom. The predicted octanol–water partition coefficient (Wildman–Crippen LogP) is -4.14. The van der Waals surface area contributed by atoms with Gasteiger partial charge in [0.1, 0.15) is 0 Å². The molecule has 0 atom stereocenters. The molecule has 0 aliphatic heterocycles. The second kappa shape index (κ2) is 15.7. The van der Waals surface area contributed by atoms with Gasteiger partial charge in [0.15, 0.2) is 0 Å². The lowest BCUT2D eigenvalue weighted by molar-refractivity contribution is -0.415. The first-order chi connectivity index (χ1) is 4.88. The highest BCUT2D eigenvalue weighted by Gasteiger charge is 2.39. The van der Waals surface area contributed by atoms with Crippen LogP contribution in [0, 0.1) is 0 Å². The second-order valence-corrected chi connectivity index (χ2v) is 0.599. The molecular weight excluding hydrogens is 164 g/mol. The lowest BCUT2D eigenvalue weighted by Crippen LogP contribution is -2.37. The summed E-state index contributed by atoms with van der Waals surface area (Å²) >= 11 is 0. The minimum Gasteiger partial charge on any atom is -0.652 e. The highest BCUT2D eigenvalue weighted by molar-refractivity contribution is 5.50. The lowest BCUT2D eigenvalue weighted by Gasteiger charge is -1.96. The van der Waals surface area contributed by atoms with Gasteiger partial charge in [0, 0.05) is 0 Å². The summed E-state index contributed by atoms with van der Waals surface area (Å²) in [5.41, 5.74) is 0. The Kier molecular flexibility index (Phi) is 22.7. The first-order valence-electron chi connectivity index (χ1n) is 1.65. The smallest absolute Gasteiger partial charge is 0.652 e. The van der Waals surface area contributed by atoms with Gasteiger partial charge in [-0.15, -0.1) is 0 Å². The van der Waals surface area contributed by atoms with E-state index in [4.69, 9.17) is 39.6 Å². The van der Waals surface area contributed by atoms with Gasteiger partial charge < -0.3 is 30.0 Å². The Hall–Kier alpha value is -2.08. The fourth-order valence-electron chi connectivity index (χ4n) is 0. The molecule has 0 saturated carbocycles. The maximum atomic E-state index is 8.44. The third-order valence-corrected chi connectivity index (χ3v) is 0. The zero-order chi connectivity index (χ0) is 9.86. The summed E-state index contributed by atoms with van der Waals surface area (Å²) in [7, 11) is 0. The van der Waals surface area contributed by atoms with Crippen molar-refractivity contribution >= 4 is 18.5 Å². The molecule has 0 aromatic heterocycles. The van der Waals surface area contributed by atoms with E-state index in [-0.39, 0.29) is 6.15 Å². The highest BCUT2D eigenvalue weighted by atomic mass is 16.6. The molecule has 8 heteroatoms. The van der Waals surface area contributed by atoms with Gasteiger partial charge in [0.25, 0.3) is 0 Å². The van der Waals surface area contributed by atoms with Crippen molar-refractivity contribution in [1.29, 1.82) is 0 Å². The third-order valence-electron chi connectivity index (χ3n) is 0. The monoisotopic (exact) mass is 165 g/mol. The molecule has 8 nitrogen and oxygen atoms in total. The van der Waals surface area contributed by atoms with Crippen molar-refractivity contribution in [2.75, 3.05) is 0 Å². The molecule has 0 aromatic rings. The Labute approximate surface area is 59.3 Å². The van der Waals surface area contributed by atoms with Gasteiger partial charge in [-0.05, 0) is 6.16 Å². The van der Waals surface area contributed by atoms with Crippen LogP contribution in [-0.4, -0.2) is 23.6 Å². The molecule has 0 amide bonds. The quantitative estimate of drug-likeness (QED) is 0.378. The van der Waals surface area contributed by atoms with E-state index in [1.807, 2.05) is 0 Å². The first kappa shape index (κ1) is 16.0. The molecule has 0 bridgehead atoms. The van der Waals surface area contributed by atoms with E-state index in [9.17, 15) is 0 Å². The van der Waals surface area contributed by atoms with Crippen LogP contribution in [-0.2, 0) is 9.59 Å². The van der Waals surface area contributed by atoms with Crippen molar-refractivity contribution in [1.82, 2.24) is 0 Å². The van der Waals surface area contributed by atoms with Crippen LogP contribution in [0.25, 0.3) is 0 Å². The summed E-state index contributed by atoms with van der Waals surface area (Å²) in [6.07, 6.45) is -4.17. The van der Waals surface area contributed by atoms with E-state index in [0.717, 1.165) is 0 Å². The normalized spacial score (nSPS) is 5.09. The molecule has 0 aliphatic carbocycles. The molecule has 11 heavy (non-hydrogen) atoms. The Morgan fingerprint density at radius 3 is 1.09 bits per heavy atom. The van der Waals surface area contributed by atoms with Gasteiger partial charge in [-0.2, -0.15) is 0 Å². The van der Waals surface area contributed by atoms with E-state index in [0.29, 0.717) is 0 Å². The molecule has 0 spiro atoms. The molecule has 0 unspecified atom stereocenters.